The average Bonchev–Trinajstić information content (AvgIpc) is 2.87. The maximum atomic E-state index is 13.4. The fourth-order valence-corrected chi connectivity index (χ4v) is 5.65. The van der Waals surface area contributed by atoms with Crippen LogP contribution in [-0.2, 0) is 28.8 Å². The predicted molar refractivity (Wildman–Crippen MR) is 141 cm³/mol. The van der Waals surface area contributed by atoms with Crippen molar-refractivity contribution in [3.63, 3.8) is 0 Å². The Morgan fingerprint density at radius 2 is 1.28 bits per heavy atom. The predicted octanol–water partition coefficient (Wildman–Crippen LogP) is 1.31. The first-order chi connectivity index (χ1) is 18.4. The van der Waals surface area contributed by atoms with E-state index in [1.165, 1.54) is 0 Å². The Labute approximate surface area is 229 Å². The van der Waals surface area contributed by atoms with E-state index < -0.39 is 71.9 Å². The van der Waals surface area contributed by atoms with Crippen molar-refractivity contribution in [3.05, 3.63) is 0 Å². The van der Waals surface area contributed by atoms with Crippen LogP contribution in [-0.4, -0.2) is 63.9 Å². The lowest BCUT2D eigenvalue weighted by Gasteiger charge is -2.31. The topological polar surface area (TPSA) is 205 Å². The number of aliphatic carboxylic acids is 2. The Kier molecular flexibility index (Phi) is 12.7. The molecule has 2 rings (SSSR count). The van der Waals surface area contributed by atoms with E-state index in [1.54, 1.807) is 0 Å². The second-order valence-electron chi connectivity index (χ2n) is 11.4. The maximum absolute atomic E-state index is 13.4. The molecular weight excluding hydrogens is 508 g/mol. The van der Waals surface area contributed by atoms with Crippen molar-refractivity contribution in [1.29, 1.82) is 0 Å². The molecule has 0 aliphatic heterocycles. The van der Waals surface area contributed by atoms with E-state index in [4.69, 9.17) is 5.73 Å². The summed E-state index contributed by atoms with van der Waals surface area (Å²) in [6.45, 7) is 3.66. The van der Waals surface area contributed by atoms with Crippen molar-refractivity contribution in [2.75, 3.05) is 0 Å². The number of hydrogen-bond donors (Lipinski definition) is 6. The summed E-state index contributed by atoms with van der Waals surface area (Å²) in [4.78, 5) is 74.7. The van der Waals surface area contributed by atoms with Crippen molar-refractivity contribution >= 4 is 35.6 Å². The first-order valence-corrected chi connectivity index (χ1v) is 14.0. The van der Waals surface area contributed by atoms with Crippen LogP contribution in [0.1, 0.15) is 90.9 Å². The first-order valence-electron chi connectivity index (χ1n) is 14.0. The van der Waals surface area contributed by atoms with E-state index in [-0.39, 0.29) is 18.3 Å². The maximum Gasteiger partial charge on any atom is 0.307 e. The molecule has 12 heteroatoms. The average molecular weight is 553 g/mol. The highest BCUT2D eigenvalue weighted by molar-refractivity contribution is 5.96. The van der Waals surface area contributed by atoms with E-state index in [1.807, 2.05) is 13.8 Å². The van der Waals surface area contributed by atoms with Crippen molar-refractivity contribution in [3.8, 4) is 0 Å². The molecule has 0 unspecified atom stereocenters. The molecule has 2 aliphatic carbocycles. The van der Waals surface area contributed by atoms with Gasteiger partial charge in [-0.3, -0.25) is 28.8 Å². The number of carboxylic acids is 2. The third-order valence-electron chi connectivity index (χ3n) is 7.73. The second-order valence-corrected chi connectivity index (χ2v) is 11.4. The number of amides is 4. The van der Waals surface area contributed by atoms with Crippen LogP contribution >= 0.6 is 0 Å². The second kappa shape index (κ2) is 15.4. The number of hydrogen-bond acceptors (Lipinski definition) is 6. The van der Waals surface area contributed by atoms with Gasteiger partial charge >= 0.3 is 11.9 Å². The summed E-state index contributed by atoms with van der Waals surface area (Å²) in [7, 11) is 0. The molecule has 220 valence electrons. The molecule has 5 atom stereocenters. The van der Waals surface area contributed by atoms with Crippen LogP contribution in [0.2, 0.25) is 0 Å². The van der Waals surface area contributed by atoms with Crippen LogP contribution < -0.4 is 21.7 Å². The van der Waals surface area contributed by atoms with Crippen LogP contribution in [0.15, 0.2) is 0 Å². The molecule has 2 saturated carbocycles. The fraction of sp³-hybridized carbons (Fsp3) is 0.778. The highest BCUT2D eigenvalue weighted by atomic mass is 16.4. The number of nitrogens with one attached hydrogen (secondary N) is 3. The Morgan fingerprint density at radius 1 is 0.744 bits per heavy atom. The van der Waals surface area contributed by atoms with Gasteiger partial charge in [-0.2, -0.15) is 0 Å². The van der Waals surface area contributed by atoms with Crippen molar-refractivity contribution in [1.82, 2.24) is 16.0 Å². The molecule has 0 bridgehead atoms. The minimum atomic E-state index is -1.50. The third kappa shape index (κ3) is 10.5. The number of carboxylic acid groups (broad SMARTS) is 2. The van der Waals surface area contributed by atoms with E-state index in [9.17, 15) is 39.0 Å². The minimum absolute atomic E-state index is 0.0137. The Bertz CT molecular complexity index is 902. The number of primary amides is 1. The molecule has 0 heterocycles. The Balaban J connectivity index is 2.21. The van der Waals surface area contributed by atoms with Crippen LogP contribution in [0.4, 0.5) is 0 Å². The number of rotatable bonds is 14. The van der Waals surface area contributed by atoms with Crippen molar-refractivity contribution < 1.29 is 39.0 Å². The zero-order valence-electron chi connectivity index (χ0n) is 22.9. The highest BCUT2D eigenvalue weighted by Crippen LogP contribution is 2.31. The normalized spacial score (nSPS) is 22.2. The highest BCUT2D eigenvalue weighted by Gasteiger charge is 2.38. The van der Waals surface area contributed by atoms with E-state index >= 15 is 0 Å². The van der Waals surface area contributed by atoms with Gasteiger partial charge in [0.2, 0.25) is 23.6 Å². The van der Waals surface area contributed by atoms with Crippen LogP contribution in [0.25, 0.3) is 0 Å². The summed E-state index contributed by atoms with van der Waals surface area (Å²) >= 11 is 0. The molecule has 0 aromatic carbocycles. The van der Waals surface area contributed by atoms with E-state index in [2.05, 4.69) is 16.0 Å². The largest absolute Gasteiger partial charge is 0.481 e. The molecule has 0 aromatic rings. The van der Waals surface area contributed by atoms with Gasteiger partial charge in [0.1, 0.15) is 18.1 Å². The molecule has 0 spiro atoms. The summed E-state index contributed by atoms with van der Waals surface area (Å²) in [6.07, 6.45) is 6.79. The quantitative estimate of drug-likeness (QED) is 0.185. The monoisotopic (exact) mass is 552 g/mol. The summed E-state index contributed by atoms with van der Waals surface area (Å²) in [5, 5.41) is 26.6. The standard InChI is InChI=1S/C27H44N4O8/c1-15(2)12-19(23(28)34)29-26(37)21(14-22(32)33)31-25(36)20(13-16-8-4-3-5-9-16)30-24(35)17-10-6-7-11-18(17)27(38)39/h15-21H,3-14H2,1-2H3,(H2,28,34)(H,29,37)(H,30,35)(H,31,36)(H,32,33)(H,38,39)/t17-,18-,19-,20-,21-/m0/s1. The Hall–Kier alpha value is -3.18. The lowest BCUT2D eigenvalue weighted by molar-refractivity contribution is -0.149. The number of carbonyl (C=O) groups is 6. The molecule has 2 aliphatic rings. The molecule has 7 N–H and O–H groups in total. The van der Waals surface area contributed by atoms with Gasteiger partial charge in [0.25, 0.3) is 0 Å². The first kappa shape index (κ1) is 32.0. The van der Waals surface area contributed by atoms with Crippen LogP contribution in [0, 0.1) is 23.7 Å². The van der Waals surface area contributed by atoms with Gasteiger partial charge < -0.3 is 31.9 Å². The van der Waals surface area contributed by atoms with E-state index in [0.717, 1.165) is 32.1 Å². The van der Waals surface area contributed by atoms with Crippen molar-refractivity contribution in [2.24, 2.45) is 29.4 Å². The van der Waals surface area contributed by atoms with Gasteiger partial charge in [-0.05, 0) is 37.5 Å². The third-order valence-corrected chi connectivity index (χ3v) is 7.73. The van der Waals surface area contributed by atoms with Gasteiger partial charge in [0, 0.05) is 0 Å². The van der Waals surface area contributed by atoms with Gasteiger partial charge in [0.05, 0.1) is 18.3 Å². The number of carbonyl (C=O) groups excluding carboxylic acids is 4. The molecule has 0 radical (unpaired) electrons. The molecule has 4 amide bonds. The van der Waals surface area contributed by atoms with Gasteiger partial charge in [-0.25, -0.2) is 0 Å². The van der Waals surface area contributed by atoms with Crippen molar-refractivity contribution in [2.45, 2.75) is 109 Å². The molecule has 2 fully saturated rings. The van der Waals surface area contributed by atoms with Crippen LogP contribution in [0.5, 0.6) is 0 Å². The van der Waals surface area contributed by atoms with E-state index in [0.29, 0.717) is 32.1 Å². The van der Waals surface area contributed by atoms with Crippen LogP contribution in [0.3, 0.4) is 0 Å². The zero-order chi connectivity index (χ0) is 29.1. The minimum Gasteiger partial charge on any atom is -0.481 e. The zero-order valence-corrected chi connectivity index (χ0v) is 22.9. The molecular formula is C27H44N4O8. The van der Waals surface area contributed by atoms with Gasteiger partial charge in [-0.15, -0.1) is 0 Å². The summed E-state index contributed by atoms with van der Waals surface area (Å²) < 4.78 is 0. The lowest BCUT2D eigenvalue weighted by Crippen LogP contribution is -2.58. The number of nitrogens with two attached hydrogens (primary N) is 1. The summed E-state index contributed by atoms with van der Waals surface area (Å²) in [6, 6.07) is -3.61. The SMILES string of the molecule is CC(C)C[C@H](NC(=O)[C@H](CC(=O)O)NC(=O)[C@H](CC1CCCCC1)NC(=O)[C@H]1CCCC[C@@H]1C(=O)O)C(N)=O. The molecule has 12 nitrogen and oxygen atoms in total. The lowest BCUT2D eigenvalue weighted by atomic mass is 9.78. The fourth-order valence-electron chi connectivity index (χ4n) is 5.65. The molecule has 0 saturated heterocycles. The smallest absolute Gasteiger partial charge is 0.307 e. The molecule has 0 aromatic heterocycles. The molecule has 39 heavy (non-hydrogen) atoms. The Morgan fingerprint density at radius 3 is 1.82 bits per heavy atom. The summed E-state index contributed by atoms with van der Waals surface area (Å²) in [5.74, 6) is -6.73. The van der Waals surface area contributed by atoms with Gasteiger partial charge in [0.15, 0.2) is 0 Å². The van der Waals surface area contributed by atoms with Gasteiger partial charge in [-0.1, -0.05) is 58.8 Å². The summed E-state index contributed by atoms with van der Waals surface area (Å²) in [5.41, 5.74) is 5.40.